The molecular formula is C13H25N. The van der Waals surface area contributed by atoms with Crippen molar-refractivity contribution in [2.24, 2.45) is 23.5 Å². The first kappa shape index (κ1) is 10.5. The Kier molecular flexibility index (Phi) is 2.88. The highest BCUT2D eigenvalue weighted by atomic mass is 14.8. The first-order valence-corrected chi connectivity index (χ1v) is 6.42. The zero-order chi connectivity index (χ0) is 10.2. The normalized spacial score (nSPS) is 49.5. The molecule has 0 aliphatic heterocycles. The fourth-order valence-electron chi connectivity index (χ4n) is 3.63. The summed E-state index contributed by atoms with van der Waals surface area (Å²) in [6, 6.07) is 0. The molecule has 2 fully saturated rings. The molecule has 0 aromatic carbocycles. The van der Waals surface area contributed by atoms with Crippen molar-refractivity contribution in [3.05, 3.63) is 0 Å². The van der Waals surface area contributed by atoms with E-state index in [1.54, 1.807) is 0 Å². The molecule has 2 aliphatic carbocycles. The fourth-order valence-corrected chi connectivity index (χ4v) is 3.63. The second-order valence-electron chi connectivity index (χ2n) is 5.86. The van der Waals surface area contributed by atoms with Gasteiger partial charge in [0.05, 0.1) is 0 Å². The van der Waals surface area contributed by atoms with Gasteiger partial charge in [-0.2, -0.15) is 0 Å². The summed E-state index contributed by atoms with van der Waals surface area (Å²) in [5.41, 5.74) is 6.83. The van der Waals surface area contributed by atoms with Crippen molar-refractivity contribution in [1.29, 1.82) is 0 Å². The van der Waals surface area contributed by atoms with Gasteiger partial charge in [0.25, 0.3) is 0 Å². The smallest absolute Gasteiger partial charge is 0.0208 e. The molecule has 2 rings (SSSR count). The van der Waals surface area contributed by atoms with E-state index in [1.807, 2.05) is 0 Å². The predicted octanol–water partition coefficient (Wildman–Crippen LogP) is 3.33. The Morgan fingerprint density at radius 1 is 1.00 bits per heavy atom. The van der Waals surface area contributed by atoms with Crippen LogP contribution in [0.15, 0.2) is 0 Å². The lowest BCUT2D eigenvalue weighted by atomic mass is 9.69. The lowest BCUT2D eigenvalue weighted by molar-refractivity contribution is 0.147. The van der Waals surface area contributed by atoms with Gasteiger partial charge in [-0.3, -0.25) is 0 Å². The average Bonchev–Trinajstić information content (AvgIpc) is 2.49. The Morgan fingerprint density at radius 3 is 2.14 bits per heavy atom. The third-order valence-corrected chi connectivity index (χ3v) is 4.94. The van der Waals surface area contributed by atoms with E-state index in [0.717, 1.165) is 17.8 Å². The molecule has 2 N–H and O–H groups in total. The summed E-state index contributed by atoms with van der Waals surface area (Å²) in [6.07, 6.45) is 9.62. The van der Waals surface area contributed by atoms with Crippen LogP contribution in [0.4, 0.5) is 0 Å². The zero-order valence-electron chi connectivity index (χ0n) is 9.76. The third-order valence-electron chi connectivity index (χ3n) is 4.94. The van der Waals surface area contributed by atoms with Crippen LogP contribution in [0.25, 0.3) is 0 Å². The van der Waals surface area contributed by atoms with Crippen LogP contribution in [0.2, 0.25) is 0 Å². The Bertz CT molecular complexity index is 193. The van der Waals surface area contributed by atoms with Crippen molar-refractivity contribution in [2.75, 3.05) is 0 Å². The molecule has 82 valence electrons. The fraction of sp³-hybridized carbons (Fsp3) is 1.00. The van der Waals surface area contributed by atoms with Crippen molar-refractivity contribution >= 4 is 0 Å². The molecule has 14 heavy (non-hydrogen) atoms. The topological polar surface area (TPSA) is 26.0 Å². The summed E-state index contributed by atoms with van der Waals surface area (Å²) in [4.78, 5) is 0. The average molecular weight is 195 g/mol. The largest absolute Gasteiger partial charge is 0.325 e. The Morgan fingerprint density at radius 2 is 1.64 bits per heavy atom. The van der Waals surface area contributed by atoms with Crippen LogP contribution >= 0.6 is 0 Å². The molecule has 2 aliphatic rings. The van der Waals surface area contributed by atoms with E-state index in [4.69, 9.17) is 5.73 Å². The van der Waals surface area contributed by atoms with Gasteiger partial charge < -0.3 is 5.73 Å². The minimum Gasteiger partial charge on any atom is -0.325 e. The lowest BCUT2D eigenvalue weighted by Gasteiger charge is -2.41. The monoisotopic (exact) mass is 195 g/mol. The Balaban J connectivity index is 2.00. The van der Waals surface area contributed by atoms with E-state index in [9.17, 15) is 0 Å². The first-order chi connectivity index (χ1) is 6.63. The van der Waals surface area contributed by atoms with Crippen LogP contribution in [-0.4, -0.2) is 5.54 Å². The quantitative estimate of drug-likeness (QED) is 0.682. The van der Waals surface area contributed by atoms with Crippen molar-refractivity contribution in [2.45, 2.75) is 64.3 Å². The van der Waals surface area contributed by atoms with Gasteiger partial charge in [0.15, 0.2) is 0 Å². The van der Waals surface area contributed by atoms with Crippen LogP contribution in [0.1, 0.15) is 58.8 Å². The van der Waals surface area contributed by atoms with Gasteiger partial charge in [0, 0.05) is 5.54 Å². The standard InChI is InChI=1S/C13H25N/c1-10-5-7-12(8-6-10)13(14)9-3-4-11(13)2/h10-12H,3-9,14H2,1-2H3. The van der Waals surface area contributed by atoms with Crippen molar-refractivity contribution < 1.29 is 0 Å². The van der Waals surface area contributed by atoms with Gasteiger partial charge in [0.1, 0.15) is 0 Å². The molecular weight excluding hydrogens is 170 g/mol. The maximum Gasteiger partial charge on any atom is 0.0208 e. The zero-order valence-corrected chi connectivity index (χ0v) is 9.76. The van der Waals surface area contributed by atoms with Gasteiger partial charge in [-0.25, -0.2) is 0 Å². The molecule has 2 atom stereocenters. The molecule has 0 radical (unpaired) electrons. The van der Waals surface area contributed by atoms with Gasteiger partial charge in [-0.05, 0) is 43.4 Å². The van der Waals surface area contributed by atoms with Crippen LogP contribution < -0.4 is 5.73 Å². The van der Waals surface area contributed by atoms with E-state index in [0.29, 0.717) is 0 Å². The Labute approximate surface area is 88.4 Å². The molecule has 0 aromatic heterocycles. The number of hydrogen-bond acceptors (Lipinski definition) is 1. The molecule has 2 saturated carbocycles. The maximum atomic E-state index is 6.62. The molecule has 1 heteroatoms. The predicted molar refractivity (Wildman–Crippen MR) is 61.1 cm³/mol. The molecule has 0 saturated heterocycles. The summed E-state index contributed by atoms with van der Waals surface area (Å²) in [6.45, 7) is 4.75. The van der Waals surface area contributed by atoms with Gasteiger partial charge in [0.2, 0.25) is 0 Å². The van der Waals surface area contributed by atoms with Crippen LogP contribution in [-0.2, 0) is 0 Å². The highest BCUT2D eigenvalue weighted by molar-refractivity contribution is 5.00. The molecule has 0 spiro atoms. The van der Waals surface area contributed by atoms with E-state index in [-0.39, 0.29) is 5.54 Å². The third kappa shape index (κ3) is 1.71. The second kappa shape index (κ2) is 3.84. The summed E-state index contributed by atoms with van der Waals surface area (Å²) >= 11 is 0. The molecule has 0 heterocycles. The summed E-state index contributed by atoms with van der Waals surface area (Å²) < 4.78 is 0. The lowest BCUT2D eigenvalue weighted by Crippen LogP contribution is -2.50. The summed E-state index contributed by atoms with van der Waals surface area (Å²) in [7, 11) is 0. The highest BCUT2D eigenvalue weighted by Crippen LogP contribution is 2.45. The van der Waals surface area contributed by atoms with Gasteiger partial charge in [-0.1, -0.05) is 33.1 Å². The van der Waals surface area contributed by atoms with Crippen molar-refractivity contribution in [1.82, 2.24) is 0 Å². The molecule has 1 nitrogen and oxygen atoms in total. The minimum absolute atomic E-state index is 0.208. The minimum atomic E-state index is 0.208. The maximum absolute atomic E-state index is 6.62. The van der Waals surface area contributed by atoms with Crippen LogP contribution in [0.3, 0.4) is 0 Å². The van der Waals surface area contributed by atoms with E-state index in [1.165, 1.54) is 44.9 Å². The van der Waals surface area contributed by atoms with Gasteiger partial charge >= 0.3 is 0 Å². The van der Waals surface area contributed by atoms with E-state index < -0.39 is 0 Å². The molecule has 0 amide bonds. The number of rotatable bonds is 1. The number of nitrogens with two attached hydrogens (primary N) is 1. The number of hydrogen-bond donors (Lipinski definition) is 1. The van der Waals surface area contributed by atoms with Crippen molar-refractivity contribution in [3.8, 4) is 0 Å². The SMILES string of the molecule is CC1CCC(C2(N)CCCC2C)CC1. The molecule has 0 bridgehead atoms. The van der Waals surface area contributed by atoms with Crippen molar-refractivity contribution in [3.63, 3.8) is 0 Å². The first-order valence-electron chi connectivity index (χ1n) is 6.42. The second-order valence-corrected chi connectivity index (χ2v) is 5.86. The summed E-state index contributed by atoms with van der Waals surface area (Å²) in [5.74, 6) is 2.55. The van der Waals surface area contributed by atoms with Crippen LogP contribution in [0.5, 0.6) is 0 Å². The van der Waals surface area contributed by atoms with E-state index >= 15 is 0 Å². The van der Waals surface area contributed by atoms with Crippen LogP contribution in [0, 0.1) is 17.8 Å². The summed E-state index contributed by atoms with van der Waals surface area (Å²) in [5, 5.41) is 0. The van der Waals surface area contributed by atoms with Gasteiger partial charge in [-0.15, -0.1) is 0 Å². The molecule has 0 aromatic rings. The molecule has 2 unspecified atom stereocenters. The highest BCUT2D eigenvalue weighted by Gasteiger charge is 2.43. The van der Waals surface area contributed by atoms with E-state index in [2.05, 4.69) is 13.8 Å². The Hall–Kier alpha value is -0.0400.